The average Bonchev–Trinajstić information content (AvgIpc) is 2.72. The van der Waals surface area contributed by atoms with Crippen molar-refractivity contribution in [1.29, 1.82) is 0 Å². The van der Waals surface area contributed by atoms with Crippen molar-refractivity contribution in [1.82, 2.24) is 19.7 Å². The minimum atomic E-state index is 0.234. The number of amides is 1. The van der Waals surface area contributed by atoms with Gasteiger partial charge in [-0.2, -0.15) is 0 Å². The first kappa shape index (κ1) is 8.98. The second-order valence-corrected chi connectivity index (χ2v) is 3.35. The number of rotatable bonds is 3. The zero-order chi connectivity index (χ0) is 9.97. The number of aromatic nitrogens is 3. The number of nitrogens with zero attached hydrogens (tertiary/aromatic N) is 4. The summed E-state index contributed by atoms with van der Waals surface area (Å²) in [7, 11) is 0. The first-order chi connectivity index (χ1) is 6.75. The molecule has 0 spiro atoms. The molecule has 0 saturated carbocycles. The van der Waals surface area contributed by atoms with Crippen LogP contribution in [0, 0.1) is 0 Å². The molecule has 1 amide bonds. The smallest absolute Gasteiger partial charge is 0.239 e. The fourth-order valence-electron chi connectivity index (χ4n) is 1.58. The SMILES string of the molecule is Nc1ncn(CCN2CCCC2=O)n1. The summed E-state index contributed by atoms with van der Waals surface area (Å²) in [5, 5.41) is 3.94. The predicted molar refractivity (Wildman–Crippen MR) is 50.2 cm³/mol. The van der Waals surface area contributed by atoms with Crippen LogP contribution in [0.1, 0.15) is 12.8 Å². The molecular formula is C8H13N5O. The maximum Gasteiger partial charge on any atom is 0.239 e. The molecule has 0 aromatic carbocycles. The van der Waals surface area contributed by atoms with E-state index < -0.39 is 0 Å². The van der Waals surface area contributed by atoms with Crippen LogP contribution in [0.25, 0.3) is 0 Å². The van der Waals surface area contributed by atoms with Crippen molar-refractivity contribution >= 4 is 11.9 Å². The van der Waals surface area contributed by atoms with Crippen molar-refractivity contribution in [3.63, 3.8) is 0 Å². The first-order valence-electron chi connectivity index (χ1n) is 4.68. The molecule has 0 bridgehead atoms. The number of likely N-dealkylation sites (tertiary alicyclic amines) is 1. The summed E-state index contributed by atoms with van der Waals surface area (Å²) in [6.07, 6.45) is 3.23. The van der Waals surface area contributed by atoms with Gasteiger partial charge in [-0.15, -0.1) is 5.10 Å². The van der Waals surface area contributed by atoms with Gasteiger partial charge in [0.1, 0.15) is 6.33 Å². The molecule has 0 atom stereocenters. The third-order valence-electron chi connectivity index (χ3n) is 2.32. The van der Waals surface area contributed by atoms with Gasteiger partial charge in [0.2, 0.25) is 11.9 Å². The molecular weight excluding hydrogens is 182 g/mol. The summed E-state index contributed by atoms with van der Waals surface area (Å²) >= 11 is 0. The van der Waals surface area contributed by atoms with Crippen LogP contribution in [0.2, 0.25) is 0 Å². The van der Waals surface area contributed by atoms with Crippen molar-refractivity contribution in [3.8, 4) is 0 Å². The van der Waals surface area contributed by atoms with E-state index in [9.17, 15) is 4.79 Å². The highest BCUT2D eigenvalue weighted by Crippen LogP contribution is 2.08. The lowest BCUT2D eigenvalue weighted by molar-refractivity contribution is -0.127. The maximum absolute atomic E-state index is 11.3. The zero-order valence-corrected chi connectivity index (χ0v) is 7.89. The second kappa shape index (κ2) is 3.65. The lowest BCUT2D eigenvalue weighted by atomic mass is 10.4. The molecule has 0 aliphatic carbocycles. The molecule has 1 fully saturated rings. The van der Waals surface area contributed by atoms with E-state index >= 15 is 0 Å². The summed E-state index contributed by atoms with van der Waals surface area (Å²) < 4.78 is 1.65. The molecule has 0 radical (unpaired) electrons. The Morgan fingerprint density at radius 2 is 2.36 bits per heavy atom. The molecule has 14 heavy (non-hydrogen) atoms. The van der Waals surface area contributed by atoms with Crippen molar-refractivity contribution in [2.24, 2.45) is 0 Å². The molecule has 6 nitrogen and oxygen atoms in total. The zero-order valence-electron chi connectivity index (χ0n) is 7.89. The van der Waals surface area contributed by atoms with Gasteiger partial charge in [0.25, 0.3) is 0 Å². The molecule has 1 aromatic rings. The Kier molecular flexibility index (Phi) is 2.34. The number of hydrogen-bond donors (Lipinski definition) is 1. The number of hydrogen-bond acceptors (Lipinski definition) is 4. The van der Waals surface area contributed by atoms with Crippen LogP contribution in [0.5, 0.6) is 0 Å². The summed E-state index contributed by atoms with van der Waals surface area (Å²) in [6, 6.07) is 0. The predicted octanol–water partition coefficient (Wildman–Crippen LogP) is -0.517. The maximum atomic E-state index is 11.3. The Morgan fingerprint density at radius 3 is 2.93 bits per heavy atom. The van der Waals surface area contributed by atoms with Crippen LogP contribution < -0.4 is 5.73 Å². The quantitative estimate of drug-likeness (QED) is 0.704. The molecule has 1 saturated heterocycles. The highest BCUT2D eigenvalue weighted by atomic mass is 16.2. The monoisotopic (exact) mass is 195 g/mol. The standard InChI is InChI=1S/C8H13N5O/c9-8-10-6-13(11-8)5-4-12-3-1-2-7(12)14/h6H,1-5H2,(H2,9,11). The third-order valence-corrected chi connectivity index (χ3v) is 2.32. The van der Waals surface area contributed by atoms with Gasteiger partial charge in [-0.25, -0.2) is 9.67 Å². The van der Waals surface area contributed by atoms with Gasteiger partial charge >= 0.3 is 0 Å². The number of nitrogen functional groups attached to an aromatic ring is 1. The molecule has 76 valence electrons. The fourth-order valence-corrected chi connectivity index (χ4v) is 1.58. The van der Waals surface area contributed by atoms with E-state index in [-0.39, 0.29) is 11.9 Å². The minimum absolute atomic E-state index is 0.234. The molecule has 1 aliphatic rings. The second-order valence-electron chi connectivity index (χ2n) is 3.35. The lowest BCUT2D eigenvalue weighted by Gasteiger charge is -2.14. The fraction of sp³-hybridized carbons (Fsp3) is 0.625. The molecule has 0 unspecified atom stereocenters. The summed E-state index contributed by atoms with van der Waals surface area (Å²) in [6.45, 7) is 2.22. The van der Waals surface area contributed by atoms with Crippen LogP contribution in [-0.4, -0.2) is 38.7 Å². The summed E-state index contributed by atoms with van der Waals surface area (Å²) in [5.74, 6) is 0.510. The lowest BCUT2D eigenvalue weighted by Crippen LogP contribution is -2.28. The van der Waals surface area contributed by atoms with Gasteiger partial charge in [0.05, 0.1) is 6.54 Å². The van der Waals surface area contributed by atoms with Crippen LogP contribution >= 0.6 is 0 Å². The van der Waals surface area contributed by atoms with E-state index in [0.717, 1.165) is 13.0 Å². The largest absolute Gasteiger partial charge is 0.367 e. The summed E-state index contributed by atoms with van der Waals surface area (Å²) in [5.41, 5.74) is 5.37. The van der Waals surface area contributed by atoms with Crippen LogP contribution in [0.15, 0.2) is 6.33 Å². The highest BCUT2D eigenvalue weighted by Gasteiger charge is 2.19. The third kappa shape index (κ3) is 1.84. The Labute approximate surface area is 81.7 Å². The Bertz CT molecular complexity index is 334. The first-order valence-corrected chi connectivity index (χ1v) is 4.68. The van der Waals surface area contributed by atoms with Crippen molar-refractivity contribution in [2.45, 2.75) is 19.4 Å². The van der Waals surface area contributed by atoms with Crippen LogP contribution in [0.4, 0.5) is 5.95 Å². The van der Waals surface area contributed by atoms with Crippen LogP contribution in [-0.2, 0) is 11.3 Å². The van der Waals surface area contributed by atoms with Crippen molar-refractivity contribution in [2.75, 3.05) is 18.8 Å². The number of carbonyl (C=O) groups excluding carboxylic acids is 1. The molecule has 6 heteroatoms. The molecule has 2 rings (SSSR count). The molecule has 1 aliphatic heterocycles. The molecule has 2 N–H and O–H groups in total. The van der Waals surface area contributed by atoms with E-state index in [2.05, 4.69) is 10.1 Å². The number of anilines is 1. The van der Waals surface area contributed by atoms with E-state index in [1.165, 1.54) is 0 Å². The van der Waals surface area contributed by atoms with E-state index in [0.29, 0.717) is 19.5 Å². The Morgan fingerprint density at radius 1 is 1.50 bits per heavy atom. The van der Waals surface area contributed by atoms with Gasteiger partial charge in [0, 0.05) is 19.5 Å². The Hall–Kier alpha value is -1.59. The number of nitrogens with two attached hydrogens (primary N) is 1. The van der Waals surface area contributed by atoms with Gasteiger partial charge in [-0.3, -0.25) is 4.79 Å². The van der Waals surface area contributed by atoms with Gasteiger partial charge in [0.15, 0.2) is 0 Å². The normalized spacial score (nSPS) is 16.6. The molecule has 1 aromatic heterocycles. The van der Waals surface area contributed by atoms with E-state index in [1.54, 1.807) is 11.0 Å². The van der Waals surface area contributed by atoms with Crippen LogP contribution in [0.3, 0.4) is 0 Å². The minimum Gasteiger partial charge on any atom is -0.367 e. The topological polar surface area (TPSA) is 77.0 Å². The van der Waals surface area contributed by atoms with E-state index in [1.807, 2.05) is 4.90 Å². The van der Waals surface area contributed by atoms with Crippen molar-refractivity contribution in [3.05, 3.63) is 6.33 Å². The Balaban J connectivity index is 1.85. The number of carbonyl (C=O) groups is 1. The summed E-state index contributed by atoms with van der Waals surface area (Å²) in [4.78, 5) is 16.9. The van der Waals surface area contributed by atoms with Gasteiger partial charge < -0.3 is 10.6 Å². The van der Waals surface area contributed by atoms with Crippen molar-refractivity contribution < 1.29 is 4.79 Å². The molecule has 2 heterocycles. The highest BCUT2D eigenvalue weighted by molar-refractivity contribution is 5.77. The van der Waals surface area contributed by atoms with E-state index in [4.69, 9.17) is 5.73 Å². The van der Waals surface area contributed by atoms with Gasteiger partial charge in [-0.1, -0.05) is 0 Å². The van der Waals surface area contributed by atoms with Gasteiger partial charge in [-0.05, 0) is 6.42 Å². The average molecular weight is 195 g/mol.